The molecule has 3 aromatic rings. The van der Waals surface area contributed by atoms with E-state index >= 15 is 0 Å². The van der Waals surface area contributed by atoms with Crippen molar-refractivity contribution in [2.75, 3.05) is 34.4 Å². The Hall–Kier alpha value is -4.43. The second kappa shape index (κ2) is 17.2. The van der Waals surface area contributed by atoms with Gasteiger partial charge in [0.15, 0.2) is 0 Å². The fourth-order valence-electron chi connectivity index (χ4n) is 5.30. The molecule has 0 radical (unpaired) electrons. The molecule has 2 aromatic carbocycles. The molecule has 0 bridgehead atoms. The van der Waals surface area contributed by atoms with Crippen molar-refractivity contribution in [3.8, 4) is 16.9 Å². The predicted molar refractivity (Wildman–Crippen MR) is 181 cm³/mol. The Balaban J connectivity index is 1.99. The van der Waals surface area contributed by atoms with E-state index in [1.165, 1.54) is 17.7 Å². The van der Waals surface area contributed by atoms with Gasteiger partial charge in [0.2, 0.25) is 5.91 Å². The Bertz CT molecular complexity index is 1540. The van der Waals surface area contributed by atoms with Crippen LogP contribution >= 0.6 is 0 Å². The van der Waals surface area contributed by atoms with Gasteiger partial charge in [-0.3, -0.25) is 14.4 Å². The van der Waals surface area contributed by atoms with E-state index in [1.54, 1.807) is 18.3 Å². The quantitative estimate of drug-likeness (QED) is 0.112. The fourth-order valence-corrected chi connectivity index (χ4v) is 5.30. The Morgan fingerprint density at radius 2 is 1.84 bits per heavy atom. The van der Waals surface area contributed by atoms with Crippen LogP contribution in [0.1, 0.15) is 60.0 Å². The van der Waals surface area contributed by atoms with Gasteiger partial charge in [-0.05, 0) is 93.6 Å². The first kappa shape index (κ1) is 35.1. The van der Waals surface area contributed by atoms with Crippen LogP contribution in [0.3, 0.4) is 0 Å². The summed E-state index contributed by atoms with van der Waals surface area (Å²) in [6, 6.07) is 13.6. The zero-order valence-corrected chi connectivity index (χ0v) is 27.3. The van der Waals surface area contributed by atoms with Crippen molar-refractivity contribution < 1.29 is 19.1 Å². The molecule has 0 aliphatic carbocycles. The number of carbonyl (C=O) groups is 2. The minimum atomic E-state index is -0.840. The van der Waals surface area contributed by atoms with Gasteiger partial charge >= 0.3 is 5.97 Å². The van der Waals surface area contributed by atoms with E-state index in [4.69, 9.17) is 9.47 Å². The van der Waals surface area contributed by atoms with Crippen LogP contribution in [0.2, 0.25) is 0 Å². The summed E-state index contributed by atoms with van der Waals surface area (Å²) >= 11 is 0. The van der Waals surface area contributed by atoms with Crippen molar-refractivity contribution in [3.63, 3.8) is 0 Å². The summed E-state index contributed by atoms with van der Waals surface area (Å²) in [6.45, 7) is 13.1. The lowest BCUT2D eigenvalue weighted by molar-refractivity contribution is -0.141. The molecule has 1 heterocycles. The van der Waals surface area contributed by atoms with Gasteiger partial charge in [0, 0.05) is 24.4 Å². The maximum Gasteiger partial charge on any atom is 0.307 e. The van der Waals surface area contributed by atoms with Crippen molar-refractivity contribution >= 4 is 11.9 Å². The third-order valence-corrected chi connectivity index (χ3v) is 7.62. The molecule has 45 heavy (non-hydrogen) atoms. The van der Waals surface area contributed by atoms with E-state index < -0.39 is 18.1 Å². The minimum Gasteiger partial charge on any atom is -0.493 e. The highest BCUT2D eigenvalue weighted by atomic mass is 16.5. The number of hydrogen-bond donors (Lipinski definition) is 1. The van der Waals surface area contributed by atoms with Crippen LogP contribution in [0.15, 0.2) is 84.8 Å². The summed E-state index contributed by atoms with van der Waals surface area (Å²) in [6.07, 6.45) is 7.85. The number of nitrogens with zero attached hydrogens (tertiary/aromatic N) is 2. The first-order chi connectivity index (χ1) is 21.6. The molecule has 240 valence electrons. The molecule has 0 saturated heterocycles. The van der Waals surface area contributed by atoms with Crippen LogP contribution in [-0.2, 0) is 20.7 Å². The molecular formula is C37H47N3O5. The number of allylic oxidation sites excluding steroid dienone is 2. The van der Waals surface area contributed by atoms with Crippen LogP contribution < -0.4 is 15.6 Å². The minimum absolute atomic E-state index is 0.0813. The normalized spacial score (nSPS) is 12.3. The predicted octanol–water partition coefficient (Wildman–Crippen LogP) is 6.12. The SMILES string of the molecule is C=CCCCOc1cc(C)cc(C)c1-c1cccc([C@H](CC(=O)OC)NC(=O)[C@H](CC=C)n2cc(CCN(C)C)ccc2=O)c1. The number of carbonyl (C=O) groups excluding carboxylic acids is 2. The standard InChI is InChI=1S/C37H47N3O5/c1-8-10-11-20-45-33-22-26(3)21-27(4)36(33)30-15-12-14-29(23-30)31(24-35(42)44-7)38-37(43)32(13-9-2)40-25-28(16-17-34(40)41)18-19-39(5)6/h8-9,12,14-17,21-23,25,31-32H,1-2,10-11,13,18-20,24H2,3-7H3,(H,38,43)/t31-,32-/m0/s1. The van der Waals surface area contributed by atoms with Crippen LogP contribution in [0, 0.1) is 13.8 Å². The number of pyridine rings is 1. The van der Waals surface area contributed by atoms with Crippen molar-refractivity contribution in [1.82, 2.24) is 14.8 Å². The van der Waals surface area contributed by atoms with E-state index in [2.05, 4.69) is 29.4 Å². The third-order valence-electron chi connectivity index (χ3n) is 7.62. The Morgan fingerprint density at radius 3 is 2.53 bits per heavy atom. The highest BCUT2D eigenvalue weighted by Gasteiger charge is 2.26. The van der Waals surface area contributed by atoms with Crippen molar-refractivity contribution in [2.45, 2.75) is 58.0 Å². The number of methoxy groups -OCH3 is 1. The van der Waals surface area contributed by atoms with Gasteiger partial charge in [0.05, 0.1) is 26.2 Å². The summed E-state index contributed by atoms with van der Waals surface area (Å²) in [7, 11) is 5.29. The molecule has 8 nitrogen and oxygen atoms in total. The molecule has 1 aromatic heterocycles. The summed E-state index contributed by atoms with van der Waals surface area (Å²) < 4.78 is 12.7. The molecule has 0 unspecified atom stereocenters. The second-order valence-electron chi connectivity index (χ2n) is 11.6. The van der Waals surface area contributed by atoms with E-state index in [0.717, 1.165) is 64.9 Å². The molecule has 3 rings (SSSR count). The lowest BCUT2D eigenvalue weighted by Crippen LogP contribution is -2.39. The smallest absolute Gasteiger partial charge is 0.307 e. The second-order valence-corrected chi connectivity index (χ2v) is 11.6. The summed E-state index contributed by atoms with van der Waals surface area (Å²) in [5, 5.41) is 3.05. The average Bonchev–Trinajstić information content (AvgIpc) is 3.01. The molecule has 2 atom stereocenters. The highest BCUT2D eigenvalue weighted by Crippen LogP contribution is 2.36. The molecular weight excluding hydrogens is 566 g/mol. The highest BCUT2D eigenvalue weighted by molar-refractivity contribution is 5.82. The van der Waals surface area contributed by atoms with E-state index in [9.17, 15) is 14.4 Å². The van der Waals surface area contributed by atoms with Crippen molar-refractivity contribution in [2.24, 2.45) is 0 Å². The Morgan fingerprint density at radius 1 is 1.07 bits per heavy atom. The number of hydrogen-bond acceptors (Lipinski definition) is 6. The molecule has 0 saturated carbocycles. The number of aromatic nitrogens is 1. The maximum atomic E-state index is 13.9. The van der Waals surface area contributed by atoms with E-state index in [0.29, 0.717) is 6.61 Å². The van der Waals surface area contributed by atoms with Gasteiger partial charge in [-0.2, -0.15) is 0 Å². The first-order valence-electron chi connectivity index (χ1n) is 15.4. The molecule has 8 heteroatoms. The largest absolute Gasteiger partial charge is 0.493 e. The first-order valence-corrected chi connectivity index (χ1v) is 15.4. The van der Waals surface area contributed by atoms with Crippen molar-refractivity contribution in [1.29, 1.82) is 0 Å². The number of aryl methyl sites for hydroxylation is 2. The van der Waals surface area contributed by atoms with Gasteiger partial charge in [-0.25, -0.2) is 0 Å². The zero-order valence-electron chi connectivity index (χ0n) is 27.3. The zero-order chi connectivity index (χ0) is 32.9. The van der Waals surface area contributed by atoms with Crippen LogP contribution in [-0.4, -0.2) is 55.7 Å². The number of esters is 1. The molecule has 0 fully saturated rings. The van der Waals surface area contributed by atoms with E-state index in [-0.39, 0.29) is 24.3 Å². The molecule has 1 amide bonds. The van der Waals surface area contributed by atoms with Gasteiger partial charge in [0.25, 0.3) is 5.56 Å². The third kappa shape index (κ3) is 10.0. The number of unbranched alkanes of at least 4 members (excludes halogenated alkanes) is 1. The number of likely N-dealkylation sites (N-methyl/N-ethyl adjacent to an activating group) is 1. The summed E-state index contributed by atoms with van der Waals surface area (Å²) in [5.41, 5.74) is 5.39. The summed E-state index contributed by atoms with van der Waals surface area (Å²) in [4.78, 5) is 41.5. The van der Waals surface area contributed by atoms with Gasteiger partial charge in [-0.1, -0.05) is 42.5 Å². The maximum absolute atomic E-state index is 13.9. The Labute approximate surface area is 267 Å². The number of rotatable bonds is 17. The number of benzene rings is 2. The average molecular weight is 614 g/mol. The monoisotopic (exact) mass is 613 g/mol. The van der Waals surface area contributed by atoms with Gasteiger partial charge in [-0.15, -0.1) is 13.2 Å². The van der Waals surface area contributed by atoms with Gasteiger partial charge in [0.1, 0.15) is 11.8 Å². The molecule has 0 aliphatic heterocycles. The molecule has 1 N–H and O–H groups in total. The topological polar surface area (TPSA) is 89.9 Å². The molecule has 0 aliphatic rings. The fraction of sp³-hybridized carbons (Fsp3) is 0.378. The van der Waals surface area contributed by atoms with Crippen LogP contribution in [0.4, 0.5) is 0 Å². The lowest BCUT2D eigenvalue weighted by atomic mass is 9.93. The van der Waals surface area contributed by atoms with E-state index in [1.807, 2.05) is 64.4 Å². The van der Waals surface area contributed by atoms with Crippen molar-refractivity contribution in [3.05, 3.63) is 113 Å². The molecule has 0 spiro atoms. The lowest BCUT2D eigenvalue weighted by Gasteiger charge is -2.24. The van der Waals surface area contributed by atoms with Gasteiger partial charge < -0.3 is 24.3 Å². The number of ether oxygens (including phenoxy) is 2. The number of amides is 1. The summed E-state index contributed by atoms with van der Waals surface area (Å²) in [5.74, 6) is -0.0766. The van der Waals surface area contributed by atoms with Crippen LogP contribution in [0.5, 0.6) is 5.75 Å². The Kier molecular flexibility index (Phi) is 13.4. The van der Waals surface area contributed by atoms with Crippen LogP contribution in [0.25, 0.3) is 11.1 Å². The number of nitrogens with one attached hydrogen (secondary N) is 1.